The first kappa shape index (κ1) is 16.6. The van der Waals surface area contributed by atoms with Crippen molar-refractivity contribution in [2.45, 2.75) is 76.0 Å². The van der Waals surface area contributed by atoms with Gasteiger partial charge in [-0.2, -0.15) is 0 Å². The van der Waals surface area contributed by atoms with E-state index in [-0.39, 0.29) is 0 Å². The lowest BCUT2D eigenvalue weighted by Crippen LogP contribution is -2.09. The number of para-hydroxylation sites is 1. The smallest absolute Gasteiger partial charge is 0.0700 e. The van der Waals surface area contributed by atoms with E-state index in [9.17, 15) is 0 Å². The van der Waals surface area contributed by atoms with Crippen LogP contribution >= 0.6 is 0 Å². The lowest BCUT2D eigenvalue weighted by Gasteiger charge is -2.28. The van der Waals surface area contributed by atoms with Gasteiger partial charge in [-0.15, -0.1) is 0 Å². The van der Waals surface area contributed by atoms with E-state index in [2.05, 4.69) is 29.2 Å². The first-order valence-electron chi connectivity index (χ1n) is 10.2. The van der Waals surface area contributed by atoms with E-state index in [1.165, 1.54) is 81.0 Å². The van der Waals surface area contributed by atoms with E-state index < -0.39 is 0 Å². The van der Waals surface area contributed by atoms with E-state index in [0.29, 0.717) is 11.8 Å². The first-order valence-corrected chi connectivity index (χ1v) is 10.2. The lowest BCUT2D eigenvalue weighted by molar-refractivity contribution is 0.436. The Morgan fingerprint density at radius 3 is 1.88 bits per heavy atom. The van der Waals surface area contributed by atoms with Crippen LogP contribution in [0.2, 0.25) is 0 Å². The fraction of sp³-hybridized carbons (Fsp3) is 0.522. The van der Waals surface area contributed by atoms with Gasteiger partial charge >= 0.3 is 0 Å². The van der Waals surface area contributed by atoms with E-state index in [1.54, 1.807) is 0 Å². The van der Waals surface area contributed by atoms with Crippen molar-refractivity contribution in [1.82, 2.24) is 4.98 Å². The van der Waals surface area contributed by atoms with Crippen LogP contribution in [0.5, 0.6) is 0 Å². The topological polar surface area (TPSA) is 28.1 Å². The van der Waals surface area contributed by atoms with Crippen LogP contribution in [0.1, 0.15) is 92.9 Å². The zero-order valence-electron chi connectivity index (χ0n) is 15.2. The Labute approximate surface area is 151 Å². The molecular formula is C23H30N2. The molecule has 2 aliphatic rings. The van der Waals surface area contributed by atoms with Crippen molar-refractivity contribution in [3.8, 4) is 0 Å². The van der Waals surface area contributed by atoms with Crippen LogP contribution in [0.3, 0.4) is 0 Å². The van der Waals surface area contributed by atoms with Gasteiger partial charge < -0.3 is 4.98 Å². The van der Waals surface area contributed by atoms with Crippen molar-refractivity contribution in [2.24, 2.45) is 4.99 Å². The molecule has 0 radical (unpaired) electrons. The molecule has 2 aromatic rings. The highest BCUT2D eigenvalue weighted by atomic mass is 14.8. The molecule has 1 heterocycles. The van der Waals surface area contributed by atoms with Gasteiger partial charge in [-0.1, -0.05) is 56.7 Å². The van der Waals surface area contributed by atoms with Crippen LogP contribution in [-0.4, -0.2) is 11.2 Å². The van der Waals surface area contributed by atoms with Gasteiger partial charge in [0.1, 0.15) is 0 Å². The summed E-state index contributed by atoms with van der Waals surface area (Å²) in [4.78, 5) is 8.30. The maximum absolute atomic E-state index is 5.04. The molecule has 2 nitrogen and oxygen atoms in total. The number of aromatic amines is 1. The summed E-state index contributed by atoms with van der Waals surface area (Å²) >= 11 is 0. The number of nitrogens with zero attached hydrogens (tertiary/aromatic N) is 1. The monoisotopic (exact) mass is 334 g/mol. The Bertz CT molecular complexity index is 651. The molecule has 1 N–H and O–H groups in total. The van der Waals surface area contributed by atoms with Gasteiger partial charge in [0.2, 0.25) is 0 Å². The Morgan fingerprint density at radius 1 is 0.760 bits per heavy atom. The second kappa shape index (κ2) is 8.03. The van der Waals surface area contributed by atoms with Crippen molar-refractivity contribution < 1.29 is 0 Å². The molecule has 0 spiro atoms. The number of rotatable bonds is 4. The summed E-state index contributed by atoms with van der Waals surface area (Å²) in [6, 6.07) is 11.1. The average Bonchev–Trinajstić information content (AvgIpc) is 3.21. The van der Waals surface area contributed by atoms with E-state index in [1.807, 2.05) is 18.5 Å². The molecule has 0 saturated heterocycles. The van der Waals surface area contributed by atoms with Crippen molar-refractivity contribution in [2.75, 3.05) is 0 Å². The normalized spacial score (nSPS) is 20.3. The van der Waals surface area contributed by atoms with Gasteiger partial charge in [0.05, 0.1) is 17.6 Å². The quantitative estimate of drug-likeness (QED) is 0.592. The summed E-state index contributed by atoms with van der Waals surface area (Å²) in [6.07, 6.45) is 17.6. The van der Waals surface area contributed by atoms with Gasteiger partial charge in [-0.05, 0) is 60.8 Å². The van der Waals surface area contributed by atoms with Crippen molar-refractivity contribution in [3.63, 3.8) is 0 Å². The third-order valence-electron chi connectivity index (χ3n) is 6.14. The molecule has 4 rings (SSSR count). The van der Waals surface area contributed by atoms with Gasteiger partial charge in [-0.3, -0.25) is 4.99 Å². The van der Waals surface area contributed by atoms with Gasteiger partial charge in [-0.25, -0.2) is 0 Å². The first-order chi connectivity index (χ1) is 12.4. The van der Waals surface area contributed by atoms with Crippen molar-refractivity contribution in [3.05, 3.63) is 53.3 Å². The molecule has 0 amide bonds. The average molecular weight is 335 g/mol. The molecule has 25 heavy (non-hydrogen) atoms. The Balaban J connectivity index is 1.71. The van der Waals surface area contributed by atoms with Crippen LogP contribution < -0.4 is 0 Å². The van der Waals surface area contributed by atoms with Gasteiger partial charge in [0.25, 0.3) is 0 Å². The Kier molecular flexibility index (Phi) is 5.34. The molecule has 132 valence electrons. The summed E-state index contributed by atoms with van der Waals surface area (Å²) in [7, 11) is 0. The fourth-order valence-corrected chi connectivity index (χ4v) is 4.77. The fourth-order valence-electron chi connectivity index (χ4n) is 4.77. The minimum Gasteiger partial charge on any atom is -0.360 e. The van der Waals surface area contributed by atoms with E-state index in [4.69, 9.17) is 4.99 Å². The molecule has 2 heteroatoms. The summed E-state index contributed by atoms with van der Waals surface area (Å²) in [5.41, 5.74) is 5.39. The largest absolute Gasteiger partial charge is 0.360 e. The highest BCUT2D eigenvalue weighted by Crippen LogP contribution is 2.44. The number of H-pyrrole nitrogens is 1. The highest BCUT2D eigenvalue weighted by Gasteiger charge is 2.24. The number of benzene rings is 1. The molecule has 2 saturated carbocycles. The van der Waals surface area contributed by atoms with Crippen LogP contribution in [0.15, 0.2) is 41.5 Å². The van der Waals surface area contributed by atoms with Crippen LogP contribution in [0, 0.1) is 0 Å². The molecule has 0 atom stereocenters. The minimum atomic E-state index is 0.702. The Hall–Kier alpha value is -1.83. The predicted molar refractivity (Wildman–Crippen MR) is 106 cm³/mol. The van der Waals surface area contributed by atoms with Crippen molar-refractivity contribution >= 4 is 11.9 Å². The van der Waals surface area contributed by atoms with Crippen molar-refractivity contribution in [1.29, 1.82) is 0 Å². The third-order valence-corrected chi connectivity index (χ3v) is 6.14. The zero-order chi connectivity index (χ0) is 16.9. The summed E-state index contributed by atoms with van der Waals surface area (Å²) in [6.45, 7) is 0. The lowest BCUT2D eigenvalue weighted by atomic mass is 9.78. The number of nitrogens with one attached hydrogen (secondary N) is 1. The predicted octanol–water partition coefficient (Wildman–Crippen LogP) is 6.86. The second-order valence-corrected chi connectivity index (χ2v) is 7.84. The SMILES string of the molecule is C(=Nc1c(C2CCCCC2)cccc1C1CCCCC1)c1ccc[nH]1. The molecule has 0 aliphatic heterocycles. The Morgan fingerprint density at radius 2 is 1.36 bits per heavy atom. The highest BCUT2D eigenvalue weighted by molar-refractivity contribution is 5.81. The molecular weight excluding hydrogens is 304 g/mol. The number of aliphatic imine (C=N–C) groups is 1. The molecule has 1 aromatic carbocycles. The van der Waals surface area contributed by atoms with Crippen LogP contribution in [0.4, 0.5) is 5.69 Å². The van der Waals surface area contributed by atoms with Gasteiger partial charge in [0.15, 0.2) is 0 Å². The third kappa shape index (κ3) is 3.89. The van der Waals surface area contributed by atoms with Crippen LogP contribution in [0.25, 0.3) is 0 Å². The molecule has 1 aromatic heterocycles. The number of hydrogen-bond donors (Lipinski definition) is 1. The number of aromatic nitrogens is 1. The molecule has 0 unspecified atom stereocenters. The van der Waals surface area contributed by atoms with Crippen LogP contribution in [-0.2, 0) is 0 Å². The summed E-state index contributed by atoms with van der Waals surface area (Å²) in [5.74, 6) is 1.40. The molecule has 2 aliphatic carbocycles. The standard InChI is InChI=1S/C23H30N2/c1-3-9-18(10-4-1)21-14-7-15-22(19-11-5-2-6-12-19)23(21)25-17-20-13-8-16-24-20/h7-8,13-19,24H,1-6,9-12H2. The maximum Gasteiger partial charge on any atom is 0.0700 e. The summed E-state index contributed by atoms with van der Waals surface area (Å²) < 4.78 is 0. The maximum atomic E-state index is 5.04. The summed E-state index contributed by atoms with van der Waals surface area (Å²) in [5, 5.41) is 0. The number of hydrogen-bond acceptors (Lipinski definition) is 1. The second-order valence-electron chi connectivity index (χ2n) is 7.84. The zero-order valence-corrected chi connectivity index (χ0v) is 15.2. The minimum absolute atomic E-state index is 0.702. The van der Waals surface area contributed by atoms with Gasteiger partial charge in [0, 0.05) is 6.20 Å². The van der Waals surface area contributed by atoms with E-state index in [0.717, 1.165) is 5.69 Å². The molecule has 2 fully saturated rings. The molecule has 0 bridgehead atoms. The van der Waals surface area contributed by atoms with E-state index >= 15 is 0 Å².